The van der Waals surface area contributed by atoms with Crippen LogP contribution in [-0.2, 0) is 16.4 Å². The topological polar surface area (TPSA) is 136 Å². The summed E-state index contributed by atoms with van der Waals surface area (Å²) >= 11 is 2.45. The van der Waals surface area contributed by atoms with E-state index < -0.39 is 21.9 Å². The zero-order chi connectivity index (χ0) is 28.3. The van der Waals surface area contributed by atoms with Crippen LogP contribution in [0.15, 0.2) is 70.8 Å². The molecule has 0 bridgehead atoms. The molecule has 3 aromatic heterocycles. The van der Waals surface area contributed by atoms with Gasteiger partial charge in [0.05, 0.1) is 5.56 Å². The van der Waals surface area contributed by atoms with Crippen molar-refractivity contribution in [3.63, 3.8) is 0 Å². The first kappa shape index (κ1) is 28.2. The number of rotatable bonds is 8. The molecular weight excluding hydrogens is 588 g/mol. The number of nitrogens with two attached hydrogens (primary N) is 1. The van der Waals surface area contributed by atoms with Gasteiger partial charge in [0.25, 0.3) is 10.2 Å². The Bertz CT molecular complexity index is 1560. The normalized spacial score (nSPS) is 15.2. The molecule has 1 fully saturated rings. The van der Waals surface area contributed by atoms with E-state index in [1.54, 1.807) is 24.5 Å². The Balaban J connectivity index is 1.36. The molecule has 3 N–H and O–H groups in total. The van der Waals surface area contributed by atoms with Crippen molar-refractivity contribution in [2.45, 2.75) is 34.9 Å². The molecule has 210 valence electrons. The molecule has 0 aliphatic carbocycles. The van der Waals surface area contributed by atoms with Gasteiger partial charge in [-0.3, -0.25) is 0 Å². The van der Waals surface area contributed by atoms with E-state index in [-0.39, 0.29) is 36.3 Å². The van der Waals surface area contributed by atoms with E-state index in [2.05, 4.69) is 24.6 Å². The van der Waals surface area contributed by atoms with Crippen molar-refractivity contribution in [2.24, 2.45) is 5.14 Å². The van der Waals surface area contributed by atoms with E-state index in [4.69, 9.17) is 9.88 Å². The van der Waals surface area contributed by atoms with Gasteiger partial charge in [0, 0.05) is 53.9 Å². The maximum atomic E-state index is 13.0. The summed E-state index contributed by atoms with van der Waals surface area (Å²) in [7, 11) is -3.73. The second-order valence-corrected chi connectivity index (χ2v) is 12.1. The number of hydrogen-bond donors (Lipinski definition) is 2. The van der Waals surface area contributed by atoms with Crippen molar-refractivity contribution < 1.29 is 26.3 Å². The lowest BCUT2D eigenvalue weighted by molar-refractivity contribution is -0.137. The summed E-state index contributed by atoms with van der Waals surface area (Å²) in [5, 5.41) is 9.47. The van der Waals surface area contributed by atoms with Crippen LogP contribution in [0.25, 0.3) is 0 Å². The van der Waals surface area contributed by atoms with E-state index in [1.165, 1.54) is 28.2 Å². The van der Waals surface area contributed by atoms with Gasteiger partial charge in [-0.25, -0.2) is 20.1 Å². The molecule has 0 amide bonds. The average Bonchev–Trinajstić information content (AvgIpc) is 3.39. The van der Waals surface area contributed by atoms with Crippen LogP contribution in [0.3, 0.4) is 0 Å². The highest BCUT2D eigenvalue weighted by Gasteiger charge is 2.30. The standard InChI is InChI=1S/C24H22F3N7O3S3/c25-24(26,27)16-4-6-17(7-5-16)37-19-13-18(38-20-3-1-2-10-29-20)14-30-22(19)32-23-31-21(33-39-23)15-8-11-34(12-9-15)40(28,35)36/h1-7,10,13-15H,8-9,11-12H2,(H2,28,35,36)(H,30,31,32,33). The Morgan fingerprint density at radius 2 is 1.85 bits per heavy atom. The predicted molar refractivity (Wildman–Crippen MR) is 144 cm³/mol. The van der Waals surface area contributed by atoms with Gasteiger partial charge in [-0.1, -0.05) is 17.8 Å². The van der Waals surface area contributed by atoms with E-state index in [0.717, 1.165) is 28.7 Å². The number of aromatic nitrogens is 4. The number of hydrogen-bond acceptors (Lipinski definition) is 10. The van der Waals surface area contributed by atoms with Crippen LogP contribution in [0.1, 0.15) is 30.1 Å². The van der Waals surface area contributed by atoms with Crippen LogP contribution in [0.4, 0.5) is 24.1 Å². The SMILES string of the molecule is NS(=O)(=O)N1CCC(c2nsc(Nc3ncc(Sc4ccccn4)cc3Oc3ccc(C(F)(F)F)cc3)n2)CC1. The number of ether oxygens (including phenoxy) is 1. The molecule has 4 aromatic rings. The summed E-state index contributed by atoms with van der Waals surface area (Å²) in [5.41, 5.74) is -0.785. The summed E-state index contributed by atoms with van der Waals surface area (Å²) in [6, 6.07) is 11.6. The third-order valence-corrected chi connectivity index (χ3v) is 8.58. The Hall–Kier alpha value is -3.31. The Morgan fingerprint density at radius 3 is 2.50 bits per heavy atom. The molecule has 1 aliphatic rings. The van der Waals surface area contributed by atoms with Gasteiger partial charge >= 0.3 is 6.18 Å². The van der Waals surface area contributed by atoms with Crippen LogP contribution >= 0.6 is 23.3 Å². The van der Waals surface area contributed by atoms with Gasteiger partial charge in [0.15, 0.2) is 11.6 Å². The number of nitrogens with zero attached hydrogens (tertiary/aromatic N) is 5. The fourth-order valence-electron chi connectivity index (χ4n) is 3.94. The molecule has 1 saturated heterocycles. The predicted octanol–water partition coefficient (Wildman–Crippen LogP) is 5.42. The molecule has 16 heteroatoms. The number of pyridine rings is 2. The van der Waals surface area contributed by atoms with Crippen LogP contribution < -0.4 is 15.2 Å². The van der Waals surface area contributed by atoms with Gasteiger partial charge in [-0.05, 0) is 49.2 Å². The molecule has 40 heavy (non-hydrogen) atoms. The molecule has 0 saturated carbocycles. The van der Waals surface area contributed by atoms with Crippen molar-refractivity contribution in [1.82, 2.24) is 23.6 Å². The minimum absolute atomic E-state index is 0.0298. The summed E-state index contributed by atoms with van der Waals surface area (Å²) in [4.78, 5) is 14.0. The van der Waals surface area contributed by atoms with Gasteiger partial charge in [-0.15, -0.1) is 0 Å². The molecule has 0 radical (unpaired) electrons. The third kappa shape index (κ3) is 7.06. The third-order valence-electron chi connectivity index (χ3n) is 5.94. The van der Waals surface area contributed by atoms with Gasteiger partial charge in [0.1, 0.15) is 16.6 Å². The largest absolute Gasteiger partial charge is 0.453 e. The molecule has 0 atom stereocenters. The zero-order valence-electron chi connectivity index (χ0n) is 20.6. The Kier molecular flexibility index (Phi) is 8.23. The molecule has 5 rings (SSSR count). The lowest BCUT2D eigenvalue weighted by Crippen LogP contribution is -2.41. The second kappa shape index (κ2) is 11.7. The fraction of sp³-hybridized carbons (Fsp3) is 0.250. The highest BCUT2D eigenvalue weighted by Crippen LogP contribution is 2.37. The number of piperidine rings is 1. The molecule has 1 aliphatic heterocycles. The van der Waals surface area contributed by atoms with Crippen molar-refractivity contribution in [3.8, 4) is 11.5 Å². The van der Waals surface area contributed by atoms with Crippen molar-refractivity contribution in [3.05, 3.63) is 72.3 Å². The minimum atomic E-state index is -4.46. The molecule has 0 spiro atoms. The van der Waals surface area contributed by atoms with Crippen molar-refractivity contribution in [1.29, 1.82) is 0 Å². The smallest absolute Gasteiger partial charge is 0.416 e. The quantitative estimate of drug-likeness (QED) is 0.268. The maximum absolute atomic E-state index is 13.0. The molecule has 1 aromatic carbocycles. The molecular formula is C24H22F3N7O3S3. The van der Waals surface area contributed by atoms with Crippen LogP contribution in [-0.4, -0.2) is 45.1 Å². The highest BCUT2D eigenvalue weighted by atomic mass is 32.2. The van der Waals surface area contributed by atoms with E-state index in [9.17, 15) is 21.6 Å². The lowest BCUT2D eigenvalue weighted by atomic mass is 9.98. The second-order valence-electron chi connectivity index (χ2n) is 8.71. The summed E-state index contributed by atoms with van der Waals surface area (Å²) in [6.45, 7) is 0.571. The average molecular weight is 610 g/mol. The number of anilines is 2. The first-order valence-electron chi connectivity index (χ1n) is 11.9. The summed E-state index contributed by atoms with van der Waals surface area (Å²) in [6.07, 6.45) is -0.112. The first-order valence-corrected chi connectivity index (χ1v) is 15.0. The van der Waals surface area contributed by atoms with Crippen molar-refractivity contribution >= 4 is 44.5 Å². The lowest BCUT2D eigenvalue weighted by Gasteiger charge is -2.28. The van der Waals surface area contributed by atoms with Gasteiger partial charge in [0.2, 0.25) is 5.13 Å². The van der Waals surface area contributed by atoms with Crippen LogP contribution in [0.5, 0.6) is 11.5 Å². The molecule has 4 heterocycles. The van der Waals surface area contributed by atoms with Gasteiger partial charge < -0.3 is 10.1 Å². The Morgan fingerprint density at radius 1 is 1.10 bits per heavy atom. The van der Waals surface area contributed by atoms with Gasteiger partial charge in [-0.2, -0.15) is 30.3 Å². The number of benzene rings is 1. The molecule has 10 nitrogen and oxygen atoms in total. The molecule has 0 unspecified atom stereocenters. The van der Waals surface area contributed by atoms with E-state index in [0.29, 0.717) is 28.7 Å². The number of nitrogens with one attached hydrogen (secondary N) is 1. The minimum Gasteiger partial charge on any atom is -0.453 e. The summed E-state index contributed by atoms with van der Waals surface area (Å²) in [5.74, 6) is 1.29. The monoisotopic (exact) mass is 609 g/mol. The number of alkyl halides is 3. The number of halogens is 3. The fourth-order valence-corrected chi connectivity index (χ4v) is 6.08. The zero-order valence-corrected chi connectivity index (χ0v) is 23.0. The summed E-state index contributed by atoms with van der Waals surface area (Å²) < 4.78 is 73.8. The first-order chi connectivity index (χ1) is 19.0. The van der Waals surface area contributed by atoms with Crippen LogP contribution in [0, 0.1) is 0 Å². The highest BCUT2D eigenvalue weighted by molar-refractivity contribution is 7.99. The van der Waals surface area contributed by atoms with E-state index in [1.807, 2.05) is 12.1 Å². The Labute approximate surface area is 236 Å². The maximum Gasteiger partial charge on any atom is 0.416 e. The van der Waals surface area contributed by atoms with E-state index >= 15 is 0 Å². The van der Waals surface area contributed by atoms with Crippen LogP contribution in [0.2, 0.25) is 0 Å². The van der Waals surface area contributed by atoms with Crippen molar-refractivity contribution in [2.75, 3.05) is 18.4 Å².